The van der Waals surface area contributed by atoms with Crippen molar-refractivity contribution < 1.29 is 9.18 Å². The molecule has 0 bridgehead atoms. The maximum Gasteiger partial charge on any atom is 0.248 e. The lowest BCUT2D eigenvalue weighted by molar-refractivity contribution is -0.111. The number of carbonyl (C=O) groups is 1. The molecule has 1 heterocycles. The molecule has 0 aliphatic carbocycles. The minimum Gasteiger partial charge on any atom is -0.322 e. The lowest BCUT2D eigenvalue weighted by atomic mass is 10.1. The third-order valence-corrected chi connectivity index (χ3v) is 5.03. The Morgan fingerprint density at radius 3 is 2.64 bits per heavy atom. The number of halogens is 1. The van der Waals surface area contributed by atoms with Crippen LogP contribution in [0, 0.1) is 5.82 Å². The molecule has 3 nitrogen and oxygen atoms in total. The van der Waals surface area contributed by atoms with Gasteiger partial charge in [-0.3, -0.25) is 9.69 Å². The summed E-state index contributed by atoms with van der Waals surface area (Å²) in [5.41, 5.74) is 2.31. The number of nitrogens with one attached hydrogen (secondary N) is 1. The van der Waals surface area contributed by atoms with Gasteiger partial charge in [-0.2, -0.15) is 11.8 Å². The number of nitrogens with zero attached hydrogens (tertiary/aromatic N) is 1. The molecule has 0 atom stereocenters. The summed E-state index contributed by atoms with van der Waals surface area (Å²) in [5, 5.41) is 2.91. The zero-order valence-corrected chi connectivity index (χ0v) is 14.8. The molecule has 5 heteroatoms. The second-order valence-corrected chi connectivity index (χ2v) is 7.11. The normalized spacial score (nSPS) is 15.4. The first-order valence-electron chi connectivity index (χ1n) is 8.34. The van der Waals surface area contributed by atoms with Gasteiger partial charge in [-0.05, 0) is 23.8 Å². The minimum atomic E-state index is -0.338. The highest BCUT2D eigenvalue weighted by Crippen LogP contribution is 2.20. The summed E-state index contributed by atoms with van der Waals surface area (Å²) in [6.45, 7) is 2.97. The monoisotopic (exact) mass is 356 g/mol. The van der Waals surface area contributed by atoms with Gasteiger partial charge in [-0.1, -0.05) is 36.4 Å². The van der Waals surface area contributed by atoms with Crippen LogP contribution in [0.5, 0.6) is 0 Å². The molecule has 1 N–H and O–H groups in total. The Kier molecular flexibility index (Phi) is 6.25. The number of benzene rings is 2. The number of rotatable bonds is 5. The van der Waals surface area contributed by atoms with Crippen molar-refractivity contribution >= 4 is 29.4 Å². The first kappa shape index (κ1) is 17.7. The Morgan fingerprint density at radius 2 is 1.84 bits per heavy atom. The summed E-state index contributed by atoms with van der Waals surface area (Å²) in [5.74, 6) is 1.71. The summed E-state index contributed by atoms with van der Waals surface area (Å²) < 4.78 is 13.6. The Bertz CT molecular complexity index is 757. The van der Waals surface area contributed by atoms with Gasteiger partial charge in [0.2, 0.25) is 5.91 Å². The highest BCUT2D eigenvalue weighted by atomic mass is 32.2. The van der Waals surface area contributed by atoms with Crippen LogP contribution >= 0.6 is 11.8 Å². The van der Waals surface area contributed by atoms with E-state index in [9.17, 15) is 9.18 Å². The van der Waals surface area contributed by atoms with Crippen molar-refractivity contribution in [1.82, 2.24) is 4.90 Å². The molecule has 3 rings (SSSR count). The number of amides is 1. The van der Waals surface area contributed by atoms with E-state index in [0.717, 1.165) is 42.4 Å². The Balaban J connectivity index is 1.66. The van der Waals surface area contributed by atoms with Gasteiger partial charge in [0.15, 0.2) is 0 Å². The summed E-state index contributed by atoms with van der Waals surface area (Å²) in [4.78, 5) is 14.6. The first-order valence-corrected chi connectivity index (χ1v) is 9.49. The van der Waals surface area contributed by atoms with Crippen molar-refractivity contribution in [3.63, 3.8) is 0 Å². The largest absolute Gasteiger partial charge is 0.322 e. The molecule has 25 heavy (non-hydrogen) atoms. The van der Waals surface area contributed by atoms with E-state index in [1.807, 2.05) is 36.0 Å². The minimum absolute atomic E-state index is 0.259. The van der Waals surface area contributed by atoms with Crippen LogP contribution in [0.4, 0.5) is 10.1 Å². The number of hydrogen-bond donors (Lipinski definition) is 1. The SMILES string of the molecule is O=C(/C=C\c1ccccc1F)Nc1ccccc1CN1CCSCC1. The average Bonchev–Trinajstić information content (AvgIpc) is 2.64. The fourth-order valence-electron chi connectivity index (χ4n) is 2.73. The van der Waals surface area contributed by atoms with Gasteiger partial charge in [-0.25, -0.2) is 4.39 Å². The third-order valence-electron chi connectivity index (χ3n) is 4.09. The van der Waals surface area contributed by atoms with E-state index in [4.69, 9.17) is 0 Å². The predicted octanol–water partition coefficient (Wildman–Crippen LogP) is 4.03. The molecule has 130 valence electrons. The topological polar surface area (TPSA) is 32.3 Å². The van der Waals surface area contributed by atoms with Crippen LogP contribution in [0.1, 0.15) is 11.1 Å². The number of thioether (sulfide) groups is 1. The predicted molar refractivity (Wildman–Crippen MR) is 103 cm³/mol. The van der Waals surface area contributed by atoms with E-state index < -0.39 is 0 Å². The molecular formula is C20H21FN2OS. The van der Waals surface area contributed by atoms with Crippen molar-refractivity contribution in [2.24, 2.45) is 0 Å². The molecule has 0 saturated carbocycles. The Morgan fingerprint density at radius 1 is 1.12 bits per heavy atom. The fourth-order valence-corrected chi connectivity index (χ4v) is 3.71. The second-order valence-electron chi connectivity index (χ2n) is 5.89. The molecule has 1 aliphatic heterocycles. The molecular weight excluding hydrogens is 335 g/mol. The van der Waals surface area contributed by atoms with E-state index in [0.29, 0.717) is 5.56 Å². The summed E-state index contributed by atoms with van der Waals surface area (Å²) >= 11 is 1.98. The molecule has 1 saturated heterocycles. The molecule has 2 aromatic rings. The Labute approximate surface area is 151 Å². The van der Waals surface area contributed by atoms with E-state index in [1.54, 1.807) is 18.2 Å². The lowest BCUT2D eigenvalue weighted by Crippen LogP contribution is -2.32. The van der Waals surface area contributed by atoms with Gasteiger partial charge in [0, 0.05) is 48.5 Å². The standard InChI is InChI=1S/C20H21FN2OS/c21-18-7-3-1-5-16(18)9-10-20(24)22-19-8-4-2-6-17(19)15-23-11-13-25-14-12-23/h1-10H,11-15H2,(H,22,24)/b10-9-. The molecule has 0 spiro atoms. The quantitative estimate of drug-likeness (QED) is 0.821. The zero-order valence-electron chi connectivity index (χ0n) is 14.0. The van der Waals surface area contributed by atoms with Crippen LogP contribution in [0.2, 0.25) is 0 Å². The van der Waals surface area contributed by atoms with Crippen molar-refractivity contribution in [3.05, 3.63) is 71.6 Å². The molecule has 2 aromatic carbocycles. The van der Waals surface area contributed by atoms with E-state index in [1.165, 1.54) is 18.2 Å². The first-order chi connectivity index (χ1) is 12.2. The van der Waals surface area contributed by atoms with Gasteiger partial charge in [0.05, 0.1) is 0 Å². The van der Waals surface area contributed by atoms with E-state index >= 15 is 0 Å². The summed E-state index contributed by atoms with van der Waals surface area (Å²) in [6.07, 6.45) is 2.86. The maximum atomic E-state index is 13.6. The lowest BCUT2D eigenvalue weighted by Gasteiger charge is -2.27. The fraction of sp³-hybridized carbons (Fsp3) is 0.250. The molecule has 1 amide bonds. The van der Waals surface area contributed by atoms with Gasteiger partial charge in [0.25, 0.3) is 0 Å². The number of anilines is 1. The van der Waals surface area contributed by atoms with Gasteiger partial charge in [0.1, 0.15) is 5.82 Å². The van der Waals surface area contributed by atoms with Crippen molar-refractivity contribution in [3.8, 4) is 0 Å². The number of hydrogen-bond acceptors (Lipinski definition) is 3. The van der Waals surface area contributed by atoms with Crippen LogP contribution in [0.3, 0.4) is 0 Å². The Hall–Kier alpha value is -2.11. The smallest absolute Gasteiger partial charge is 0.248 e. The van der Waals surface area contributed by atoms with E-state index in [-0.39, 0.29) is 11.7 Å². The molecule has 0 radical (unpaired) electrons. The number of carbonyl (C=O) groups excluding carboxylic acids is 1. The molecule has 1 fully saturated rings. The molecule has 0 aromatic heterocycles. The molecule has 0 unspecified atom stereocenters. The number of para-hydroxylation sites is 1. The van der Waals surface area contributed by atoms with Crippen molar-refractivity contribution in [2.75, 3.05) is 29.9 Å². The van der Waals surface area contributed by atoms with Crippen LogP contribution in [-0.2, 0) is 11.3 Å². The highest BCUT2D eigenvalue weighted by molar-refractivity contribution is 7.99. The van der Waals surface area contributed by atoms with Crippen molar-refractivity contribution in [2.45, 2.75) is 6.54 Å². The van der Waals surface area contributed by atoms with Gasteiger partial charge < -0.3 is 5.32 Å². The summed E-state index contributed by atoms with van der Waals surface area (Å²) in [6, 6.07) is 14.2. The maximum absolute atomic E-state index is 13.6. The van der Waals surface area contributed by atoms with Crippen LogP contribution in [-0.4, -0.2) is 35.4 Å². The third kappa shape index (κ3) is 5.18. The van der Waals surface area contributed by atoms with Crippen LogP contribution in [0.15, 0.2) is 54.6 Å². The average molecular weight is 356 g/mol. The second kappa shape index (κ2) is 8.83. The summed E-state index contributed by atoms with van der Waals surface area (Å²) in [7, 11) is 0. The van der Waals surface area contributed by atoms with Crippen LogP contribution in [0.25, 0.3) is 6.08 Å². The molecule has 1 aliphatic rings. The van der Waals surface area contributed by atoms with Crippen molar-refractivity contribution in [1.29, 1.82) is 0 Å². The van der Waals surface area contributed by atoms with Gasteiger partial charge >= 0.3 is 0 Å². The van der Waals surface area contributed by atoms with E-state index in [2.05, 4.69) is 10.2 Å². The van der Waals surface area contributed by atoms with Gasteiger partial charge in [-0.15, -0.1) is 0 Å². The zero-order chi connectivity index (χ0) is 17.5. The van der Waals surface area contributed by atoms with Crippen LogP contribution < -0.4 is 5.32 Å². The highest BCUT2D eigenvalue weighted by Gasteiger charge is 2.13.